The van der Waals surface area contributed by atoms with Gasteiger partial charge in [0, 0.05) is 19.6 Å². The van der Waals surface area contributed by atoms with Crippen molar-refractivity contribution >= 4 is 5.82 Å². The normalized spacial score (nSPS) is 23.9. The van der Waals surface area contributed by atoms with Gasteiger partial charge in [0.2, 0.25) is 0 Å². The summed E-state index contributed by atoms with van der Waals surface area (Å²) in [7, 11) is 1.64. The Morgan fingerprint density at radius 2 is 2.00 bits per heavy atom. The predicted octanol–water partition coefficient (Wildman–Crippen LogP) is 2.28. The van der Waals surface area contributed by atoms with Crippen LogP contribution >= 0.6 is 0 Å². The van der Waals surface area contributed by atoms with Crippen LogP contribution in [0, 0.1) is 11.6 Å². The van der Waals surface area contributed by atoms with Crippen LogP contribution in [0.5, 0.6) is 5.88 Å². The fourth-order valence-corrected chi connectivity index (χ4v) is 2.13. The van der Waals surface area contributed by atoms with Gasteiger partial charge >= 0.3 is 0 Å². The van der Waals surface area contributed by atoms with Gasteiger partial charge in [-0.05, 0) is 19.3 Å². The number of rotatable bonds is 3. The van der Waals surface area contributed by atoms with Crippen molar-refractivity contribution in [1.29, 1.82) is 0 Å². The Hall–Kier alpha value is -1.43. The van der Waals surface area contributed by atoms with Crippen LogP contribution in [0.25, 0.3) is 0 Å². The van der Waals surface area contributed by atoms with Crippen molar-refractivity contribution in [3.63, 3.8) is 0 Å². The van der Waals surface area contributed by atoms with Gasteiger partial charge in [0.1, 0.15) is 6.10 Å². The Morgan fingerprint density at radius 1 is 1.28 bits per heavy atom. The maximum Gasteiger partial charge on any atom is 0.252 e. The molecule has 0 bridgehead atoms. The van der Waals surface area contributed by atoms with Crippen LogP contribution in [-0.2, 0) is 4.74 Å². The standard InChI is InChI=1S/C12H16F2N2O2/c1-17-7-3-2-4-8(5-7)18-12-10(14)6-9(13)11(15)16-12/h6-8H,2-5H2,1H3,(H2,15,16). The van der Waals surface area contributed by atoms with E-state index in [2.05, 4.69) is 4.98 Å². The third kappa shape index (κ3) is 2.87. The number of nitrogens with zero attached hydrogens (tertiary/aromatic N) is 1. The summed E-state index contributed by atoms with van der Waals surface area (Å²) < 4.78 is 37.1. The summed E-state index contributed by atoms with van der Waals surface area (Å²) in [5, 5.41) is 0. The minimum Gasteiger partial charge on any atom is -0.472 e. The van der Waals surface area contributed by atoms with Crippen molar-refractivity contribution in [1.82, 2.24) is 4.98 Å². The number of anilines is 1. The Bertz CT molecular complexity index is 429. The number of ether oxygens (including phenoxy) is 2. The Morgan fingerprint density at radius 3 is 2.72 bits per heavy atom. The van der Waals surface area contributed by atoms with Crippen LogP contribution in [0.15, 0.2) is 6.07 Å². The molecule has 4 nitrogen and oxygen atoms in total. The highest BCUT2D eigenvalue weighted by Gasteiger charge is 2.24. The summed E-state index contributed by atoms with van der Waals surface area (Å²) in [6.07, 6.45) is 3.34. The van der Waals surface area contributed by atoms with E-state index < -0.39 is 11.6 Å². The Kier molecular flexibility index (Phi) is 3.96. The SMILES string of the molecule is COC1CCCC(Oc2nc(N)c(F)cc2F)C1. The molecule has 2 rings (SSSR count). The van der Waals surface area contributed by atoms with E-state index in [1.54, 1.807) is 7.11 Å². The molecule has 1 heterocycles. The zero-order valence-corrected chi connectivity index (χ0v) is 10.2. The zero-order chi connectivity index (χ0) is 13.1. The first-order valence-electron chi connectivity index (χ1n) is 5.91. The lowest BCUT2D eigenvalue weighted by Gasteiger charge is -2.28. The van der Waals surface area contributed by atoms with Crippen molar-refractivity contribution in [2.75, 3.05) is 12.8 Å². The molecular formula is C12H16F2N2O2. The highest BCUT2D eigenvalue weighted by atomic mass is 19.1. The first-order valence-corrected chi connectivity index (χ1v) is 5.91. The molecule has 0 aromatic carbocycles. The van der Waals surface area contributed by atoms with Gasteiger partial charge in [-0.1, -0.05) is 0 Å². The van der Waals surface area contributed by atoms with Crippen LogP contribution in [0.3, 0.4) is 0 Å². The number of pyridine rings is 1. The number of hydrogen-bond donors (Lipinski definition) is 1. The van der Waals surface area contributed by atoms with Crippen LogP contribution in [0.1, 0.15) is 25.7 Å². The molecular weight excluding hydrogens is 242 g/mol. The first kappa shape index (κ1) is 13.0. The summed E-state index contributed by atoms with van der Waals surface area (Å²) in [5.41, 5.74) is 5.29. The summed E-state index contributed by atoms with van der Waals surface area (Å²) in [6.45, 7) is 0. The molecule has 0 aliphatic heterocycles. The molecule has 100 valence electrons. The third-order valence-electron chi connectivity index (χ3n) is 3.11. The molecule has 2 N–H and O–H groups in total. The number of nitrogen functional groups attached to an aromatic ring is 1. The van der Waals surface area contributed by atoms with Crippen LogP contribution < -0.4 is 10.5 Å². The molecule has 1 saturated carbocycles. The smallest absolute Gasteiger partial charge is 0.252 e. The minimum absolute atomic E-state index is 0.115. The summed E-state index contributed by atoms with van der Waals surface area (Å²) in [6, 6.07) is 0.689. The van der Waals surface area contributed by atoms with Gasteiger partial charge in [0.05, 0.1) is 6.10 Å². The molecule has 18 heavy (non-hydrogen) atoms. The zero-order valence-electron chi connectivity index (χ0n) is 10.2. The van der Waals surface area contributed by atoms with Crippen molar-refractivity contribution in [2.24, 2.45) is 0 Å². The van der Waals surface area contributed by atoms with Gasteiger partial charge in [0.15, 0.2) is 17.5 Å². The van der Waals surface area contributed by atoms with E-state index in [4.69, 9.17) is 15.2 Å². The van der Waals surface area contributed by atoms with Crippen molar-refractivity contribution in [3.05, 3.63) is 17.7 Å². The lowest BCUT2D eigenvalue weighted by Crippen LogP contribution is -2.30. The van der Waals surface area contributed by atoms with E-state index in [0.29, 0.717) is 12.5 Å². The monoisotopic (exact) mass is 258 g/mol. The molecule has 6 heteroatoms. The van der Waals surface area contributed by atoms with E-state index in [9.17, 15) is 8.78 Å². The van der Waals surface area contributed by atoms with Crippen molar-refractivity contribution in [2.45, 2.75) is 37.9 Å². The fourth-order valence-electron chi connectivity index (χ4n) is 2.13. The van der Waals surface area contributed by atoms with E-state index in [-0.39, 0.29) is 23.9 Å². The second-order valence-corrected chi connectivity index (χ2v) is 4.41. The summed E-state index contributed by atoms with van der Waals surface area (Å²) in [4.78, 5) is 3.58. The average molecular weight is 258 g/mol. The molecule has 1 aliphatic rings. The van der Waals surface area contributed by atoms with Gasteiger partial charge in [-0.2, -0.15) is 4.98 Å². The van der Waals surface area contributed by atoms with Crippen LogP contribution in [0.2, 0.25) is 0 Å². The highest BCUT2D eigenvalue weighted by molar-refractivity contribution is 5.34. The highest BCUT2D eigenvalue weighted by Crippen LogP contribution is 2.26. The fraction of sp³-hybridized carbons (Fsp3) is 0.583. The topological polar surface area (TPSA) is 57.4 Å². The number of methoxy groups -OCH3 is 1. The Balaban J connectivity index is 2.07. The van der Waals surface area contributed by atoms with Gasteiger partial charge in [-0.25, -0.2) is 8.78 Å². The van der Waals surface area contributed by atoms with E-state index in [1.165, 1.54) is 0 Å². The van der Waals surface area contributed by atoms with Crippen molar-refractivity contribution in [3.8, 4) is 5.88 Å². The number of hydrogen-bond acceptors (Lipinski definition) is 4. The second-order valence-electron chi connectivity index (χ2n) is 4.41. The molecule has 1 fully saturated rings. The maximum atomic E-state index is 13.5. The molecule has 1 aromatic heterocycles. The molecule has 0 radical (unpaired) electrons. The quantitative estimate of drug-likeness (QED) is 0.903. The summed E-state index contributed by atoms with van der Waals surface area (Å²) >= 11 is 0. The van der Waals surface area contributed by atoms with E-state index in [0.717, 1.165) is 19.3 Å². The molecule has 2 unspecified atom stereocenters. The van der Waals surface area contributed by atoms with Gasteiger partial charge in [0.25, 0.3) is 5.88 Å². The first-order chi connectivity index (χ1) is 8.60. The number of nitrogens with two attached hydrogens (primary N) is 1. The van der Waals surface area contributed by atoms with Gasteiger partial charge in [-0.15, -0.1) is 0 Å². The average Bonchev–Trinajstić information content (AvgIpc) is 2.36. The van der Waals surface area contributed by atoms with E-state index in [1.807, 2.05) is 0 Å². The molecule has 1 aromatic rings. The molecule has 0 saturated heterocycles. The van der Waals surface area contributed by atoms with Gasteiger partial charge in [-0.3, -0.25) is 0 Å². The lowest BCUT2D eigenvalue weighted by molar-refractivity contribution is 0.0181. The largest absolute Gasteiger partial charge is 0.472 e. The lowest BCUT2D eigenvalue weighted by atomic mass is 9.95. The number of halogens is 2. The van der Waals surface area contributed by atoms with Crippen LogP contribution in [-0.4, -0.2) is 24.3 Å². The second kappa shape index (κ2) is 5.48. The number of aromatic nitrogens is 1. The van der Waals surface area contributed by atoms with Crippen LogP contribution in [0.4, 0.5) is 14.6 Å². The summed E-state index contributed by atoms with van der Waals surface area (Å²) in [5.74, 6) is -2.30. The third-order valence-corrected chi connectivity index (χ3v) is 3.11. The molecule has 2 atom stereocenters. The molecule has 0 spiro atoms. The Labute approximate surface area is 104 Å². The van der Waals surface area contributed by atoms with Crippen molar-refractivity contribution < 1.29 is 18.3 Å². The van der Waals surface area contributed by atoms with E-state index >= 15 is 0 Å². The minimum atomic E-state index is -0.877. The predicted molar refractivity (Wildman–Crippen MR) is 62.2 cm³/mol. The maximum absolute atomic E-state index is 13.5. The molecule has 1 aliphatic carbocycles. The van der Waals surface area contributed by atoms with Gasteiger partial charge < -0.3 is 15.2 Å². The molecule has 0 amide bonds.